The van der Waals surface area contributed by atoms with Gasteiger partial charge in [0.2, 0.25) is 23.5 Å². The highest BCUT2D eigenvalue weighted by molar-refractivity contribution is 5.79. The van der Waals surface area contributed by atoms with Crippen molar-refractivity contribution in [2.45, 2.75) is 57.2 Å². The summed E-state index contributed by atoms with van der Waals surface area (Å²) in [5.74, 6) is 0.718. The van der Waals surface area contributed by atoms with Gasteiger partial charge in [-0.2, -0.15) is 4.98 Å². The van der Waals surface area contributed by atoms with Crippen molar-refractivity contribution in [3.8, 4) is 28.6 Å². The van der Waals surface area contributed by atoms with E-state index in [1.165, 1.54) is 19.2 Å². The third-order valence-corrected chi connectivity index (χ3v) is 8.37. The number of aryl methyl sites for hydroxylation is 2. The van der Waals surface area contributed by atoms with Crippen molar-refractivity contribution >= 4 is 17.7 Å². The number of halogens is 1. The van der Waals surface area contributed by atoms with Crippen LogP contribution in [0.2, 0.25) is 0 Å². The molecular formula is C35H37FN6O7. The Balaban J connectivity index is 1.14. The molecule has 6 rings (SSSR count). The quantitative estimate of drug-likeness (QED) is 0.311. The number of fused-ring (bicyclic) bond motifs is 5. The molecule has 0 unspecified atom stereocenters. The Kier molecular flexibility index (Phi) is 10.6. The average molecular weight is 673 g/mol. The van der Waals surface area contributed by atoms with Crippen molar-refractivity contribution in [1.82, 2.24) is 30.7 Å². The van der Waals surface area contributed by atoms with Crippen molar-refractivity contribution in [3.05, 3.63) is 83.8 Å². The zero-order valence-electron chi connectivity index (χ0n) is 27.0. The maximum atomic E-state index is 14.6. The van der Waals surface area contributed by atoms with Crippen LogP contribution in [0.1, 0.15) is 42.7 Å². The molecule has 2 aliphatic rings. The Morgan fingerprint density at radius 2 is 1.92 bits per heavy atom. The predicted octanol–water partition coefficient (Wildman–Crippen LogP) is 3.41. The van der Waals surface area contributed by atoms with Gasteiger partial charge in [0, 0.05) is 69.3 Å². The summed E-state index contributed by atoms with van der Waals surface area (Å²) in [6.07, 6.45) is 4.88. The number of pyridine rings is 1. The second-order valence-electron chi connectivity index (χ2n) is 11.9. The zero-order chi connectivity index (χ0) is 34.2. The van der Waals surface area contributed by atoms with E-state index >= 15 is 0 Å². The van der Waals surface area contributed by atoms with Crippen LogP contribution >= 0.6 is 0 Å². The molecule has 2 aromatic carbocycles. The molecule has 2 atom stereocenters. The summed E-state index contributed by atoms with van der Waals surface area (Å²) in [5, 5.41) is 9.82. The highest BCUT2D eigenvalue weighted by atomic mass is 19.1. The van der Waals surface area contributed by atoms with E-state index in [-0.39, 0.29) is 50.1 Å². The minimum Gasteiger partial charge on any atom is -0.493 e. The molecule has 4 heterocycles. The summed E-state index contributed by atoms with van der Waals surface area (Å²) < 4.78 is 37.5. The lowest BCUT2D eigenvalue weighted by Crippen LogP contribution is -2.58. The second kappa shape index (κ2) is 15.6. The summed E-state index contributed by atoms with van der Waals surface area (Å²) in [6.45, 7) is 0.347. The predicted molar refractivity (Wildman–Crippen MR) is 173 cm³/mol. The van der Waals surface area contributed by atoms with Gasteiger partial charge in [0.1, 0.15) is 17.7 Å². The van der Waals surface area contributed by atoms with Gasteiger partial charge in [0.05, 0.1) is 13.2 Å². The number of amides is 3. The van der Waals surface area contributed by atoms with Crippen LogP contribution in [0.25, 0.3) is 11.4 Å². The van der Waals surface area contributed by atoms with E-state index in [0.29, 0.717) is 61.0 Å². The molecule has 1 saturated heterocycles. The van der Waals surface area contributed by atoms with Gasteiger partial charge in [0.25, 0.3) is 5.91 Å². The van der Waals surface area contributed by atoms with Crippen LogP contribution in [0.5, 0.6) is 17.2 Å². The third-order valence-electron chi connectivity index (χ3n) is 8.37. The highest BCUT2D eigenvalue weighted by Crippen LogP contribution is 2.29. The van der Waals surface area contributed by atoms with Gasteiger partial charge in [-0.3, -0.25) is 19.4 Å². The lowest BCUT2D eigenvalue weighted by Gasteiger charge is -2.39. The minimum atomic E-state index is -0.619. The average Bonchev–Trinajstić information content (AvgIpc) is 3.58. The second-order valence-corrected chi connectivity index (χ2v) is 11.9. The van der Waals surface area contributed by atoms with Crippen LogP contribution in [-0.2, 0) is 33.8 Å². The molecule has 0 spiro atoms. The molecule has 1 fully saturated rings. The number of piperidine rings is 1. The molecular weight excluding hydrogens is 635 g/mol. The Labute approximate surface area is 282 Å². The summed E-state index contributed by atoms with van der Waals surface area (Å²) in [6, 6.07) is 12.5. The fraction of sp³-hybridized carbons (Fsp3) is 0.371. The minimum absolute atomic E-state index is 0.0948. The number of nitrogens with one attached hydrogen (secondary N) is 2. The summed E-state index contributed by atoms with van der Waals surface area (Å²) in [4.78, 5) is 49.2. The van der Waals surface area contributed by atoms with E-state index in [2.05, 4.69) is 25.8 Å². The molecule has 4 aromatic rings. The Morgan fingerprint density at radius 3 is 2.76 bits per heavy atom. The number of hydrogen-bond acceptors (Lipinski definition) is 10. The van der Waals surface area contributed by atoms with Gasteiger partial charge < -0.3 is 34.3 Å². The molecule has 13 nitrogen and oxygen atoms in total. The number of methoxy groups -OCH3 is 1. The zero-order valence-corrected chi connectivity index (χ0v) is 27.0. The molecule has 3 amide bonds. The Bertz CT molecular complexity index is 1790. The number of benzene rings is 2. The Hall–Kier alpha value is -5.53. The lowest BCUT2D eigenvalue weighted by molar-refractivity contribution is -0.135. The van der Waals surface area contributed by atoms with E-state index in [1.54, 1.807) is 47.6 Å². The highest BCUT2D eigenvalue weighted by Gasteiger charge is 2.34. The van der Waals surface area contributed by atoms with E-state index in [4.69, 9.17) is 18.7 Å². The van der Waals surface area contributed by atoms with Gasteiger partial charge in [-0.1, -0.05) is 11.2 Å². The maximum absolute atomic E-state index is 14.6. The summed E-state index contributed by atoms with van der Waals surface area (Å²) in [7, 11) is 1.50. The first-order chi connectivity index (χ1) is 23.8. The first-order valence-electron chi connectivity index (χ1n) is 16.2. The smallest absolute Gasteiger partial charge is 0.258 e. The normalized spacial score (nSPS) is 18.4. The van der Waals surface area contributed by atoms with Crippen LogP contribution in [0.4, 0.5) is 4.39 Å². The lowest BCUT2D eigenvalue weighted by atomic mass is 10.0. The van der Waals surface area contributed by atoms with E-state index in [9.17, 15) is 18.8 Å². The number of hydrogen-bond donors (Lipinski definition) is 2. The van der Waals surface area contributed by atoms with E-state index in [1.807, 2.05) is 6.07 Å². The largest absolute Gasteiger partial charge is 0.493 e. The van der Waals surface area contributed by atoms with E-state index < -0.39 is 23.9 Å². The van der Waals surface area contributed by atoms with E-state index in [0.717, 1.165) is 11.1 Å². The van der Waals surface area contributed by atoms with Crippen molar-refractivity contribution in [1.29, 1.82) is 0 Å². The van der Waals surface area contributed by atoms with Gasteiger partial charge >= 0.3 is 0 Å². The van der Waals surface area contributed by atoms with Crippen LogP contribution in [0.15, 0.2) is 65.4 Å². The molecule has 2 aliphatic heterocycles. The van der Waals surface area contributed by atoms with Crippen LogP contribution < -0.4 is 24.8 Å². The number of carbonyl (C=O) groups is 3. The van der Waals surface area contributed by atoms with Gasteiger partial charge in [-0.15, -0.1) is 0 Å². The molecule has 4 bridgehead atoms. The van der Waals surface area contributed by atoms with Crippen molar-refractivity contribution < 1.29 is 37.5 Å². The molecule has 2 N–H and O–H groups in total. The van der Waals surface area contributed by atoms with Gasteiger partial charge in [-0.25, -0.2) is 4.39 Å². The third kappa shape index (κ3) is 8.89. The first-order valence-corrected chi connectivity index (χ1v) is 16.2. The van der Waals surface area contributed by atoms with Crippen LogP contribution in [0.3, 0.4) is 0 Å². The van der Waals surface area contributed by atoms with Crippen molar-refractivity contribution in [2.75, 3.05) is 26.8 Å². The van der Waals surface area contributed by atoms with Gasteiger partial charge in [-0.05, 0) is 60.4 Å². The summed E-state index contributed by atoms with van der Waals surface area (Å²) >= 11 is 0. The molecule has 49 heavy (non-hydrogen) atoms. The number of carbonyl (C=O) groups excluding carboxylic acids is 3. The summed E-state index contributed by atoms with van der Waals surface area (Å²) in [5.41, 5.74) is 2.14. The number of aromatic nitrogens is 3. The first kappa shape index (κ1) is 33.4. The topological polar surface area (TPSA) is 158 Å². The molecule has 0 aliphatic carbocycles. The number of ether oxygens (including phenoxy) is 3. The maximum Gasteiger partial charge on any atom is 0.258 e. The standard InChI is InChI=1S/C35H37FN6O7/c1-46-29-7-5-22-6-8-31(43)38-19-23-15-25(36)18-26(16-23)48-28-11-14-42(20-27(28)39-32(44)21-47-30(29)17-22)34(45)4-2-3-33-40-35(41-49-33)24-9-12-37-13-10-24/h5,7,9-10,12-13,15-18,27-28H,2-4,6,8,11,14,19-21H2,1H3,(H,38,43)(H,39,44)/t27-,28-/m1/s1. The fourth-order valence-electron chi connectivity index (χ4n) is 5.85. The number of rotatable bonds is 6. The fourth-order valence-corrected chi connectivity index (χ4v) is 5.85. The molecule has 0 radical (unpaired) electrons. The van der Waals surface area contributed by atoms with Crippen molar-refractivity contribution in [2.24, 2.45) is 0 Å². The molecule has 256 valence electrons. The monoisotopic (exact) mass is 672 g/mol. The van der Waals surface area contributed by atoms with Crippen LogP contribution in [-0.4, -0.2) is 76.7 Å². The van der Waals surface area contributed by atoms with Gasteiger partial charge in [0.15, 0.2) is 18.1 Å². The van der Waals surface area contributed by atoms with Crippen LogP contribution in [0, 0.1) is 5.82 Å². The number of nitrogens with zero attached hydrogens (tertiary/aromatic N) is 4. The molecule has 14 heteroatoms. The van der Waals surface area contributed by atoms with Crippen molar-refractivity contribution in [3.63, 3.8) is 0 Å². The SMILES string of the molecule is COc1ccc2cc1OCC(=O)N[C@@H]1CN(C(=O)CCCc3nc(-c4ccncc4)no3)CC[C@H]1Oc1cc(F)cc(c1)CNC(=O)CC2. The molecule has 0 saturated carbocycles. The number of likely N-dealkylation sites (tertiary alicyclic amines) is 1. The Morgan fingerprint density at radius 1 is 1.06 bits per heavy atom. The molecule has 2 aromatic heterocycles.